The second kappa shape index (κ2) is 7.77. The molecule has 2 aromatic heterocycles. The van der Waals surface area contributed by atoms with Gasteiger partial charge in [0.05, 0.1) is 17.6 Å². The number of para-hydroxylation sites is 1. The fourth-order valence-corrected chi connectivity index (χ4v) is 2.72. The minimum atomic E-state index is -0.516. The van der Waals surface area contributed by atoms with Crippen molar-refractivity contribution >= 4 is 17.3 Å². The molecule has 1 N–H and O–H groups in total. The lowest BCUT2D eigenvalue weighted by Gasteiger charge is -2.09. The Bertz CT molecular complexity index is 1150. The molecule has 9 nitrogen and oxygen atoms in total. The van der Waals surface area contributed by atoms with Crippen molar-refractivity contribution in [2.24, 2.45) is 0 Å². The van der Waals surface area contributed by atoms with Gasteiger partial charge in [-0.05, 0) is 35.9 Å². The lowest BCUT2D eigenvalue weighted by molar-refractivity contribution is -0.384. The van der Waals surface area contributed by atoms with Gasteiger partial charge in [-0.15, -0.1) is 0 Å². The van der Waals surface area contributed by atoms with Gasteiger partial charge in [0.1, 0.15) is 0 Å². The first-order valence-corrected chi connectivity index (χ1v) is 8.60. The summed E-state index contributed by atoms with van der Waals surface area (Å²) < 4.78 is 10.5. The first kappa shape index (κ1) is 18.1. The summed E-state index contributed by atoms with van der Waals surface area (Å²) in [6.45, 7) is 0. The Labute approximate surface area is 164 Å². The zero-order valence-corrected chi connectivity index (χ0v) is 14.9. The number of anilines is 1. The molecule has 29 heavy (non-hydrogen) atoms. The Morgan fingerprint density at radius 2 is 1.86 bits per heavy atom. The van der Waals surface area contributed by atoms with Gasteiger partial charge in [-0.25, -0.2) is 0 Å². The Morgan fingerprint density at radius 1 is 1.07 bits per heavy atom. The van der Waals surface area contributed by atoms with Crippen molar-refractivity contribution in [3.8, 4) is 11.6 Å². The molecule has 2 aromatic carbocycles. The van der Waals surface area contributed by atoms with Crippen molar-refractivity contribution in [3.05, 3.63) is 94.1 Å². The first-order chi connectivity index (χ1) is 14.1. The number of aromatic nitrogens is 2. The molecule has 0 aliphatic carbocycles. The Morgan fingerprint density at radius 3 is 2.59 bits per heavy atom. The van der Waals surface area contributed by atoms with Crippen LogP contribution >= 0.6 is 0 Å². The summed E-state index contributed by atoms with van der Waals surface area (Å²) in [6.07, 6.45) is 1.83. The van der Waals surface area contributed by atoms with Crippen molar-refractivity contribution < 1.29 is 18.7 Å². The molecule has 4 aromatic rings. The van der Waals surface area contributed by atoms with Crippen LogP contribution in [0.5, 0.6) is 0 Å². The van der Waals surface area contributed by atoms with E-state index in [-0.39, 0.29) is 11.6 Å². The van der Waals surface area contributed by atoms with Crippen molar-refractivity contribution in [3.63, 3.8) is 0 Å². The number of nitro groups is 1. The van der Waals surface area contributed by atoms with Gasteiger partial charge < -0.3 is 14.3 Å². The summed E-state index contributed by atoms with van der Waals surface area (Å²) in [6, 6.07) is 16.1. The molecular formula is C20H14N4O5. The number of carbonyl (C=O) groups is 1. The molecule has 144 valence electrons. The first-order valence-electron chi connectivity index (χ1n) is 8.60. The molecule has 9 heteroatoms. The fraction of sp³-hybridized carbons (Fsp3) is 0.0500. The van der Waals surface area contributed by atoms with Crippen LogP contribution in [0.25, 0.3) is 11.6 Å². The maximum absolute atomic E-state index is 12.5. The topological polar surface area (TPSA) is 124 Å². The Kier molecular flexibility index (Phi) is 4.85. The molecule has 0 atom stereocenters. The molecule has 0 bridgehead atoms. The number of furan rings is 1. The maximum atomic E-state index is 12.5. The molecule has 0 saturated heterocycles. The molecule has 2 heterocycles. The van der Waals surface area contributed by atoms with Gasteiger partial charge in [0, 0.05) is 23.4 Å². The van der Waals surface area contributed by atoms with Gasteiger partial charge in [0.15, 0.2) is 5.76 Å². The van der Waals surface area contributed by atoms with Gasteiger partial charge in [-0.3, -0.25) is 14.9 Å². The van der Waals surface area contributed by atoms with Gasteiger partial charge in [-0.2, -0.15) is 4.98 Å². The zero-order chi connectivity index (χ0) is 20.2. The van der Waals surface area contributed by atoms with E-state index in [9.17, 15) is 14.9 Å². The van der Waals surface area contributed by atoms with E-state index < -0.39 is 4.92 Å². The van der Waals surface area contributed by atoms with Crippen LogP contribution in [0.15, 0.2) is 75.9 Å². The van der Waals surface area contributed by atoms with E-state index in [1.807, 2.05) is 12.1 Å². The number of nitrogens with zero attached hydrogens (tertiary/aromatic N) is 3. The third kappa shape index (κ3) is 4.03. The predicted molar refractivity (Wildman–Crippen MR) is 102 cm³/mol. The van der Waals surface area contributed by atoms with E-state index in [4.69, 9.17) is 8.94 Å². The largest absolute Gasteiger partial charge is 0.461 e. The summed E-state index contributed by atoms with van der Waals surface area (Å²) in [5.74, 6) is 0.833. The normalized spacial score (nSPS) is 10.6. The average molecular weight is 390 g/mol. The fourth-order valence-electron chi connectivity index (χ4n) is 2.72. The van der Waals surface area contributed by atoms with Crippen molar-refractivity contribution in [2.45, 2.75) is 6.42 Å². The van der Waals surface area contributed by atoms with Crippen LogP contribution in [-0.2, 0) is 6.42 Å². The highest BCUT2D eigenvalue weighted by atomic mass is 16.6. The van der Waals surface area contributed by atoms with Crippen molar-refractivity contribution in [1.82, 2.24) is 10.1 Å². The number of benzene rings is 2. The molecule has 0 saturated carbocycles. The molecule has 1 amide bonds. The van der Waals surface area contributed by atoms with Crippen LogP contribution in [0.4, 0.5) is 11.4 Å². The van der Waals surface area contributed by atoms with Gasteiger partial charge >= 0.3 is 0 Å². The number of non-ortho nitro benzene ring substituents is 1. The molecule has 0 radical (unpaired) electrons. The van der Waals surface area contributed by atoms with Gasteiger partial charge in [-0.1, -0.05) is 23.4 Å². The lowest BCUT2D eigenvalue weighted by Crippen LogP contribution is -2.13. The SMILES string of the molecule is O=C(Nc1ccccc1Cc1nc(-c2ccco2)no1)c1ccc([N+](=O)[O-])cc1. The third-order valence-corrected chi connectivity index (χ3v) is 4.16. The molecule has 0 spiro atoms. The number of hydrogen-bond acceptors (Lipinski definition) is 7. The Hall–Kier alpha value is -4.27. The van der Waals surface area contributed by atoms with Gasteiger partial charge in [0.2, 0.25) is 11.7 Å². The molecule has 4 rings (SSSR count). The Balaban J connectivity index is 1.51. The van der Waals surface area contributed by atoms with Crippen LogP contribution in [0.2, 0.25) is 0 Å². The van der Waals surface area contributed by atoms with Crippen molar-refractivity contribution in [1.29, 1.82) is 0 Å². The smallest absolute Gasteiger partial charge is 0.269 e. The van der Waals surface area contributed by atoms with Crippen LogP contribution in [0, 0.1) is 10.1 Å². The highest BCUT2D eigenvalue weighted by molar-refractivity contribution is 6.04. The van der Waals surface area contributed by atoms with E-state index in [0.29, 0.717) is 35.1 Å². The van der Waals surface area contributed by atoms with Crippen LogP contribution < -0.4 is 5.32 Å². The van der Waals surface area contributed by atoms with E-state index >= 15 is 0 Å². The van der Waals surface area contributed by atoms with Gasteiger partial charge in [0.25, 0.3) is 11.6 Å². The predicted octanol–water partition coefficient (Wildman–Crippen LogP) is 4.08. The number of nitrogens with one attached hydrogen (secondary N) is 1. The summed E-state index contributed by atoms with van der Waals surface area (Å²) in [5, 5.41) is 17.5. The van der Waals surface area contributed by atoms with E-state index in [1.54, 1.807) is 24.3 Å². The summed E-state index contributed by atoms with van der Waals surface area (Å²) in [4.78, 5) is 27.1. The summed E-state index contributed by atoms with van der Waals surface area (Å²) >= 11 is 0. The van der Waals surface area contributed by atoms with E-state index in [0.717, 1.165) is 5.56 Å². The molecule has 0 unspecified atom stereocenters. The monoisotopic (exact) mass is 390 g/mol. The maximum Gasteiger partial charge on any atom is 0.269 e. The molecule has 0 aliphatic rings. The number of nitro benzene ring substituents is 1. The van der Waals surface area contributed by atoms with E-state index in [2.05, 4.69) is 15.5 Å². The second-order valence-electron chi connectivity index (χ2n) is 6.08. The highest BCUT2D eigenvalue weighted by Crippen LogP contribution is 2.22. The number of rotatable bonds is 6. The second-order valence-corrected chi connectivity index (χ2v) is 6.08. The average Bonchev–Trinajstić information content (AvgIpc) is 3.41. The lowest BCUT2D eigenvalue weighted by atomic mass is 10.1. The summed E-state index contributed by atoms with van der Waals surface area (Å²) in [7, 11) is 0. The number of hydrogen-bond donors (Lipinski definition) is 1. The number of amides is 1. The highest BCUT2D eigenvalue weighted by Gasteiger charge is 2.15. The van der Waals surface area contributed by atoms with Crippen molar-refractivity contribution in [2.75, 3.05) is 5.32 Å². The van der Waals surface area contributed by atoms with Crippen LogP contribution in [0.1, 0.15) is 21.8 Å². The summed E-state index contributed by atoms with van der Waals surface area (Å²) in [5.41, 5.74) is 1.58. The quantitative estimate of drug-likeness (QED) is 0.388. The van der Waals surface area contributed by atoms with Crippen LogP contribution in [0.3, 0.4) is 0 Å². The minimum absolute atomic E-state index is 0.0781. The zero-order valence-electron chi connectivity index (χ0n) is 14.9. The molecular weight excluding hydrogens is 376 g/mol. The third-order valence-electron chi connectivity index (χ3n) is 4.16. The molecule has 0 fully saturated rings. The van der Waals surface area contributed by atoms with E-state index in [1.165, 1.54) is 30.5 Å². The molecule has 0 aliphatic heterocycles. The standard InChI is InChI=1S/C20H14N4O5/c25-20(13-7-9-15(10-8-13)24(26)27)21-16-5-2-1-4-14(16)12-18-22-19(23-29-18)17-6-3-11-28-17/h1-11H,12H2,(H,21,25). The van der Waals surface area contributed by atoms with Crippen LogP contribution in [-0.4, -0.2) is 21.0 Å². The number of carbonyl (C=O) groups excluding carboxylic acids is 1. The minimum Gasteiger partial charge on any atom is -0.461 e.